The molecule has 5 nitrogen and oxygen atoms in total. The van der Waals surface area contributed by atoms with Crippen molar-refractivity contribution in [2.45, 2.75) is 39.2 Å². The fourth-order valence-electron chi connectivity index (χ4n) is 2.13. The molecule has 1 aromatic rings. The lowest BCUT2D eigenvalue weighted by atomic mass is 9.97. The van der Waals surface area contributed by atoms with Gasteiger partial charge in [-0.15, -0.1) is 0 Å². The zero-order chi connectivity index (χ0) is 14.8. The highest BCUT2D eigenvalue weighted by Crippen LogP contribution is 2.11. The van der Waals surface area contributed by atoms with Gasteiger partial charge in [-0.25, -0.2) is 4.79 Å². The molecule has 2 amide bonds. The van der Waals surface area contributed by atoms with Crippen LogP contribution in [-0.4, -0.2) is 35.3 Å². The first-order valence-corrected chi connectivity index (χ1v) is 7.26. The third-order valence-corrected chi connectivity index (χ3v) is 3.49. The molecule has 3 N–H and O–H groups in total. The van der Waals surface area contributed by atoms with Crippen LogP contribution in [0.1, 0.15) is 32.3 Å². The summed E-state index contributed by atoms with van der Waals surface area (Å²) in [6.07, 6.45) is 5.62. The normalized spacial score (nSPS) is 12.2. The summed E-state index contributed by atoms with van der Waals surface area (Å²) in [6.45, 7) is 4.94. The second-order valence-corrected chi connectivity index (χ2v) is 4.89. The van der Waals surface area contributed by atoms with Crippen molar-refractivity contribution in [1.29, 1.82) is 0 Å². The minimum Gasteiger partial charge on any atom is -0.391 e. The number of carbonyl (C=O) groups excluding carboxylic acids is 1. The number of urea groups is 1. The van der Waals surface area contributed by atoms with Gasteiger partial charge in [0, 0.05) is 25.5 Å². The molecule has 0 spiro atoms. The number of aromatic nitrogens is 1. The highest BCUT2D eigenvalue weighted by atomic mass is 16.3. The Labute approximate surface area is 120 Å². The monoisotopic (exact) mass is 279 g/mol. The fraction of sp³-hybridized carbons (Fsp3) is 0.600. The molecule has 0 aliphatic carbocycles. The van der Waals surface area contributed by atoms with E-state index in [-0.39, 0.29) is 11.9 Å². The van der Waals surface area contributed by atoms with Crippen LogP contribution in [0.2, 0.25) is 0 Å². The molecule has 0 aliphatic heterocycles. The van der Waals surface area contributed by atoms with Gasteiger partial charge in [0.2, 0.25) is 0 Å². The lowest BCUT2D eigenvalue weighted by Gasteiger charge is -2.20. The molecule has 1 heterocycles. The van der Waals surface area contributed by atoms with Gasteiger partial charge in [-0.05, 0) is 24.0 Å². The Morgan fingerprint density at radius 3 is 2.70 bits per heavy atom. The molecule has 1 rings (SSSR count). The first-order chi connectivity index (χ1) is 9.67. The van der Waals surface area contributed by atoms with Crippen molar-refractivity contribution < 1.29 is 9.90 Å². The van der Waals surface area contributed by atoms with Gasteiger partial charge in [0.25, 0.3) is 0 Å². The van der Waals surface area contributed by atoms with E-state index >= 15 is 0 Å². The van der Waals surface area contributed by atoms with Crippen LogP contribution in [0.4, 0.5) is 4.79 Å². The zero-order valence-corrected chi connectivity index (χ0v) is 12.3. The van der Waals surface area contributed by atoms with E-state index in [4.69, 9.17) is 0 Å². The third kappa shape index (κ3) is 6.02. The van der Waals surface area contributed by atoms with Gasteiger partial charge in [-0.2, -0.15) is 0 Å². The van der Waals surface area contributed by atoms with Gasteiger partial charge < -0.3 is 15.7 Å². The minimum atomic E-state index is -0.478. The molecular formula is C15H25N3O2. The molecule has 0 aliphatic rings. The average molecular weight is 279 g/mol. The Morgan fingerprint density at radius 2 is 2.10 bits per heavy atom. The summed E-state index contributed by atoms with van der Waals surface area (Å²) in [5.74, 6) is 0.241. The Bertz CT molecular complexity index is 380. The van der Waals surface area contributed by atoms with E-state index < -0.39 is 6.10 Å². The summed E-state index contributed by atoms with van der Waals surface area (Å²) < 4.78 is 0. The number of hydrogen-bond donors (Lipinski definition) is 3. The lowest BCUT2D eigenvalue weighted by molar-refractivity contribution is 0.103. The minimum absolute atomic E-state index is 0.237. The Balaban J connectivity index is 2.17. The molecule has 1 unspecified atom stereocenters. The van der Waals surface area contributed by atoms with Crippen molar-refractivity contribution in [3.8, 4) is 0 Å². The quantitative estimate of drug-likeness (QED) is 0.678. The number of nitrogens with zero attached hydrogens (tertiary/aromatic N) is 1. The predicted octanol–water partition coefficient (Wildman–Crippen LogP) is 1.72. The van der Waals surface area contributed by atoms with E-state index in [0.717, 1.165) is 24.8 Å². The van der Waals surface area contributed by atoms with Crippen molar-refractivity contribution in [3.63, 3.8) is 0 Å². The summed E-state index contributed by atoms with van der Waals surface area (Å²) in [4.78, 5) is 15.6. The van der Waals surface area contributed by atoms with E-state index in [9.17, 15) is 9.90 Å². The predicted molar refractivity (Wildman–Crippen MR) is 79.4 cm³/mol. The Morgan fingerprint density at radius 1 is 1.35 bits per heavy atom. The van der Waals surface area contributed by atoms with Crippen LogP contribution in [0, 0.1) is 5.92 Å². The van der Waals surface area contributed by atoms with E-state index in [2.05, 4.69) is 15.6 Å². The third-order valence-electron chi connectivity index (χ3n) is 3.49. The first kappa shape index (κ1) is 16.4. The van der Waals surface area contributed by atoms with Gasteiger partial charge in [0.1, 0.15) is 0 Å². The van der Waals surface area contributed by atoms with Crippen LogP contribution >= 0.6 is 0 Å². The molecule has 112 valence electrons. The summed E-state index contributed by atoms with van der Waals surface area (Å²) >= 11 is 0. The number of rotatable bonds is 8. The zero-order valence-electron chi connectivity index (χ0n) is 12.3. The van der Waals surface area contributed by atoms with Crippen LogP contribution in [0.5, 0.6) is 0 Å². The van der Waals surface area contributed by atoms with E-state index in [1.165, 1.54) is 0 Å². The highest BCUT2D eigenvalue weighted by Gasteiger charge is 2.15. The number of pyridine rings is 1. The Kier molecular flexibility index (Phi) is 7.65. The maximum Gasteiger partial charge on any atom is 0.314 e. The molecule has 1 atom stereocenters. The SMILES string of the molecule is CCC(CC)C(O)CNC(=O)NCCc1cccnc1. The molecule has 0 fully saturated rings. The van der Waals surface area contributed by atoms with Crippen molar-refractivity contribution in [1.82, 2.24) is 15.6 Å². The van der Waals surface area contributed by atoms with Gasteiger partial charge in [-0.3, -0.25) is 4.98 Å². The standard InChI is InChI=1S/C15H25N3O2/c1-3-13(4-2)14(19)11-18-15(20)17-9-7-12-6-5-8-16-10-12/h5-6,8,10,13-14,19H,3-4,7,9,11H2,1-2H3,(H2,17,18,20). The topological polar surface area (TPSA) is 74.2 Å². The smallest absolute Gasteiger partial charge is 0.314 e. The number of aliphatic hydroxyl groups is 1. The van der Waals surface area contributed by atoms with Crippen molar-refractivity contribution in [2.75, 3.05) is 13.1 Å². The number of aliphatic hydroxyl groups excluding tert-OH is 1. The maximum absolute atomic E-state index is 11.6. The first-order valence-electron chi connectivity index (χ1n) is 7.26. The molecule has 0 radical (unpaired) electrons. The van der Waals surface area contributed by atoms with Crippen molar-refractivity contribution in [2.24, 2.45) is 5.92 Å². The second-order valence-electron chi connectivity index (χ2n) is 4.89. The van der Waals surface area contributed by atoms with Crippen LogP contribution in [-0.2, 0) is 6.42 Å². The molecule has 20 heavy (non-hydrogen) atoms. The van der Waals surface area contributed by atoms with E-state index in [1.807, 2.05) is 26.0 Å². The second kappa shape index (κ2) is 9.31. The number of nitrogens with one attached hydrogen (secondary N) is 2. The van der Waals surface area contributed by atoms with Gasteiger partial charge in [0.05, 0.1) is 6.10 Å². The van der Waals surface area contributed by atoms with Crippen LogP contribution in [0.15, 0.2) is 24.5 Å². The summed E-state index contributed by atoms with van der Waals surface area (Å²) in [5.41, 5.74) is 1.09. The van der Waals surface area contributed by atoms with Crippen LogP contribution in [0.25, 0.3) is 0 Å². The Hall–Kier alpha value is -1.62. The number of carbonyl (C=O) groups is 1. The highest BCUT2D eigenvalue weighted by molar-refractivity contribution is 5.73. The van der Waals surface area contributed by atoms with E-state index in [0.29, 0.717) is 13.1 Å². The molecular weight excluding hydrogens is 254 g/mol. The lowest BCUT2D eigenvalue weighted by Crippen LogP contribution is -2.42. The van der Waals surface area contributed by atoms with Crippen molar-refractivity contribution >= 4 is 6.03 Å². The summed E-state index contributed by atoms with van der Waals surface area (Å²) in [6, 6.07) is 3.61. The van der Waals surface area contributed by atoms with Crippen LogP contribution in [0.3, 0.4) is 0 Å². The summed E-state index contributed by atoms with van der Waals surface area (Å²) in [5, 5.41) is 15.4. The molecule has 0 saturated heterocycles. The largest absolute Gasteiger partial charge is 0.391 e. The molecule has 1 aromatic heterocycles. The van der Waals surface area contributed by atoms with Crippen molar-refractivity contribution in [3.05, 3.63) is 30.1 Å². The van der Waals surface area contributed by atoms with Gasteiger partial charge in [-0.1, -0.05) is 32.8 Å². The van der Waals surface area contributed by atoms with Crippen LogP contribution < -0.4 is 10.6 Å². The average Bonchev–Trinajstić information content (AvgIpc) is 2.47. The molecule has 0 saturated carbocycles. The molecule has 5 heteroatoms. The fourth-order valence-corrected chi connectivity index (χ4v) is 2.13. The van der Waals surface area contributed by atoms with Gasteiger partial charge in [0.15, 0.2) is 0 Å². The maximum atomic E-state index is 11.6. The number of amides is 2. The molecule has 0 aromatic carbocycles. The van der Waals surface area contributed by atoms with E-state index in [1.54, 1.807) is 12.4 Å². The molecule has 0 bridgehead atoms. The van der Waals surface area contributed by atoms with Gasteiger partial charge >= 0.3 is 6.03 Å². The number of hydrogen-bond acceptors (Lipinski definition) is 3. The summed E-state index contributed by atoms with van der Waals surface area (Å²) in [7, 11) is 0.